The zero-order valence-electron chi connectivity index (χ0n) is 11.5. The van der Waals surface area contributed by atoms with E-state index in [-0.39, 0.29) is 0 Å². The maximum atomic E-state index is 5.31. The summed E-state index contributed by atoms with van der Waals surface area (Å²) in [6.07, 6.45) is 3.01. The van der Waals surface area contributed by atoms with Gasteiger partial charge in [0.05, 0.1) is 7.11 Å². The van der Waals surface area contributed by atoms with Crippen LogP contribution in [-0.4, -0.2) is 12.1 Å². The number of fused-ring (bicyclic) bond motifs is 1. The van der Waals surface area contributed by atoms with Crippen molar-refractivity contribution >= 4 is 26.8 Å². The number of H-pyrrole nitrogens is 1. The van der Waals surface area contributed by atoms with Crippen LogP contribution < -0.4 is 4.74 Å². The summed E-state index contributed by atoms with van der Waals surface area (Å²) < 4.78 is 6.42. The number of hydrogen-bond acceptors (Lipinski definition) is 1. The lowest BCUT2D eigenvalue weighted by Crippen LogP contribution is -1.91. The Labute approximate surface area is 126 Å². The van der Waals surface area contributed by atoms with E-state index in [0.29, 0.717) is 0 Å². The molecule has 0 spiro atoms. The van der Waals surface area contributed by atoms with E-state index in [2.05, 4.69) is 64.4 Å². The number of aromatic amines is 1. The highest BCUT2D eigenvalue weighted by Gasteiger charge is 2.06. The molecule has 0 bridgehead atoms. The number of ether oxygens (including phenoxy) is 1. The van der Waals surface area contributed by atoms with Crippen molar-refractivity contribution in [3.05, 3.63) is 63.8 Å². The van der Waals surface area contributed by atoms with Gasteiger partial charge in [-0.05, 0) is 54.3 Å². The minimum Gasteiger partial charge on any atom is -0.496 e. The van der Waals surface area contributed by atoms with E-state index in [1.165, 1.54) is 27.6 Å². The SMILES string of the molecule is COc1ccc(Cc2c[nH]c3ccc(Br)cc23)cc1C. The van der Waals surface area contributed by atoms with E-state index in [1.54, 1.807) is 7.11 Å². The second-order valence-electron chi connectivity index (χ2n) is 4.98. The maximum absolute atomic E-state index is 5.31. The number of hydrogen-bond donors (Lipinski definition) is 1. The average Bonchev–Trinajstić information content (AvgIpc) is 2.82. The van der Waals surface area contributed by atoms with Crippen molar-refractivity contribution in [2.24, 2.45) is 0 Å². The molecule has 0 unspecified atom stereocenters. The van der Waals surface area contributed by atoms with Gasteiger partial charge < -0.3 is 9.72 Å². The molecular formula is C17H16BrNO. The van der Waals surface area contributed by atoms with Gasteiger partial charge in [0.1, 0.15) is 5.75 Å². The van der Waals surface area contributed by atoms with Crippen molar-refractivity contribution in [3.8, 4) is 5.75 Å². The predicted molar refractivity (Wildman–Crippen MR) is 86.5 cm³/mol. The molecule has 2 aromatic carbocycles. The minimum atomic E-state index is 0.918. The average molecular weight is 330 g/mol. The van der Waals surface area contributed by atoms with E-state index in [9.17, 15) is 0 Å². The summed E-state index contributed by atoms with van der Waals surface area (Å²) in [4.78, 5) is 3.33. The number of halogens is 1. The van der Waals surface area contributed by atoms with Crippen LogP contribution in [0, 0.1) is 6.92 Å². The highest BCUT2D eigenvalue weighted by Crippen LogP contribution is 2.26. The van der Waals surface area contributed by atoms with Gasteiger partial charge in [0.25, 0.3) is 0 Å². The van der Waals surface area contributed by atoms with Crippen LogP contribution in [0.4, 0.5) is 0 Å². The van der Waals surface area contributed by atoms with Crippen molar-refractivity contribution in [2.45, 2.75) is 13.3 Å². The molecule has 0 fully saturated rings. The van der Waals surface area contributed by atoms with Gasteiger partial charge in [-0.2, -0.15) is 0 Å². The molecule has 3 aromatic rings. The number of rotatable bonds is 3. The van der Waals surface area contributed by atoms with E-state index >= 15 is 0 Å². The normalized spacial score (nSPS) is 10.9. The Morgan fingerprint density at radius 2 is 2.00 bits per heavy atom. The third-order valence-corrected chi connectivity index (χ3v) is 4.08. The van der Waals surface area contributed by atoms with Gasteiger partial charge in [-0.25, -0.2) is 0 Å². The van der Waals surface area contributed by atoms with Crippen LogP contribution in [0.1, 0.15) is 16.7 Å². The van der Waals surface area contributed by atoms with Gasteiger partial charge in [-0.3, -0.25) is 0 Å². The molecule has 2 nitrogen and oxygen atoms in total. The molecule has 3 rings (SSSR count). The zero-order valence-corrected chi connectivity index (χ0v) is 13.1. The Bertz CT molecular complexity index is 761. The lowest BCUT2D eigenvalue weighted by Gasteiger charge is -2.07. The van der Waals surface area contributed by atoms with E-state index < -0.39 is 0 Å². The molecule has 0 radical (unpaired) electrons. The second kappa shape index (κ2) is 5.33. The molecule has 0 atom stereocenters. The van der Waals surface area contributed by atoms with E-state index in [0.717, 1.165) is 16.6 Å². The van der Waals surface area contributed by atoms with Crippen LogP contribution in [0.3, 0.4) is 0 Å². The molecular weight excluding hydrogens is 314 g/mol. The first-order valence-electron chi connectivity index (χ1n) is 6.56. The van der Waals surface area contributed by atoms with Crippen LogP contribution in [0.5, 0.6) is 5.75 Å². The quantitative estimate of drug-likeness (QED) is 0.730. The first-order valence-corrected chi connectivity index (χ1v) is 7.35. The van der Waals surface area contributed by atoms with Crippen molar-refractivity contribution in [1.29, 1.82) is 0 Å². The molecule has 20 heavy (non-hydrogen) atoms. The maximum Gasteiger partial charge on any atom is 0.121 e. The number of methoxy groups -OCH3 is 1. The molecule has 102 valence electrons. The third-order valence-electron chi connectivity index (χ3n) is 3.58. The summed E-state index contributed by atoms with van der Waals surface area (Å²) in [5.41, 5.74) is 4.95. The summed E-state index contributed by atoms with van der Waals surface area (Å²) >= 11 is 3.54. The number of nitrogens with one attached hydrogen (secondary N) is 1. The van der Waals surface area contributed by atoms with E-state index in [4.69, 9.17) is 4.74 Å². The fourth-order valence-corrected chi connectivity index (χ4v) is 2.93. The molecule has 0 amide bonds. The topological polar surface area (TPSA) is 25.0 Å². The zero-order chi connectivity index (χ0) is 14.1. The molecule has 0 saturated carbocycles. The van der Waals surface area contributed by atoms with Gasteiger partial charge >= 0.3 is 0 Å². The lowest BCUT2D eigenvalue weighted by atomic mass is 10.0. The number of aromatic nitrogens is 1. The van der Waals surface area contributed by atoms with Crippen molar-refractivity contribution in [3.63, 3.8) is 0 Å². The van der Waals surface area contributed by atoms with Gasteiger partial charge in [0.2, 0.25) is 0 Å². The summed E-state index contributed by atoms with van der Waals surface area (Å²) in [6, 6.07) is 12.7. The molecule has 0 aliphatic rings. The first kappa shape index (κ1) is 13.3. The third kappa shape index (κ3) is 2.46. The predicted octanol–water partition coefficient (Wildman–Crippen LogP) is 4.84. The molecule has 0 aliphatic carbocycles. The van der Waals surface area contributed by atoms with E-state index in [1.807, 2.05) is 6.07 Å². The van der Waals surface area contributed by atoms with Crippen LogP contribution in [0.25, 0.3) is 10.9 Å². The molecule has 1 N–H and O–H groups in total. The van der Waals surface area contributed by atoms with Gasteiger partial charge in [0, 0.05) is 21.6 Å². The Hall–Kier alpha value is -1.74. The Balaban J connectivity index is 1.97. The summed E-state index contributed by atoms with van der Waals surface area (Å²) in [7, 11) is 1.71. The summed E-state index contributed by atoms with van der Waals surface area (Å²) in [5.74, 6) is 0.940. The van der Waals surface area contributed by atoms with Crippen LogP contribution in [0.15, 0.2) is 47.1 Å². The van der Waals surface area contributed by atoms with Crippen LogP contribution in [0.2, 0.25) is 0 Å². The molecule has 0 saturated heterocycles. The lowest BCUT2D eigenvalue weighted by molar-refractivity contribution is 0.411. The number of benzene rings is 2. The Morgan fingerprint density at radius 1 is 1.15 bits per heavy atom. The smallest absolute Gasteiger partial charge is 0.121 e. The molecule has 3 heteroatoms. The van der Waals surface area contributed by atoms with Crippen molar-refractivity contribution in [1.82, 2.24) is 4.98 Å². The van der Waals surface area contributed by atoms with Crippen molar-refractivity contribution < 1.29 is 4.74 Å². The fourth-order valence-electron chi connectivity index (χ4n) is 2.57. The first-order chi connectivity index (χ1) is 9.67. The highest BCUT2D eigenvalue weighted by molar-refractivity contribution is 9.10. The van der Waals surface area contributed by atoms with Gasteiger partial charge in [-0.1, -0.05) is 28.1 Å². The Kier molecular flexibility index (Phi) is 3.53. The monoisotopic (exact) mass is 329 g/mol. The number of aryl methyl sites for hydroxylation is 1. The van der Waals surface area contributed by atoms with Crippen LogP contribution >= 0.6 is 15.9 Å². The minimum absolute atomic E-state index is 0.918. The standard InChI is InChI=1S/C17H16BrNO/c1-11-7-12(3-6-17(11)20-2)8-13-10-19-16-5-4-14(18)9-15(13)16/h3-7,9-10,19H,8H2,1-2H3. The second-order valence-corrected chi connectivity index (χ2v) is 5.90. The van der Waals surface area contributed by atoms with Gasteiger partial charge in [-0.15, -0.1) is 0 Å². The fraction of sp³-hybridized carbons (Fsp3) is 0.176. The highest BCUT2D eigenvalue weighted by atomic mass is 79.9. The van der Waals surface area contributed by atoms with Gasteiger partial charge in [0.15, 0.2) is 0 Å². The largest absolute Gasteiger partial charge is 0.496 e. The summed E-state index contributed by atoms with van der Waals surface area (Å²) in [6.45, 7) is 2.08. The summed E-state index contributed by atoms with van der Waals surface area (Å²) in [5, 5.41) is 1.27. The van der Waals surface area contributed by atoms with Crippen LogP contribution in [-0.2, 0) is 6.42 Å². The molecule has 1 heterocycles. The molecule has 1 aromatic heterocycles. The molecule has 0 aliphatic heterocycles. The Morgan fingerprint density at radius 3 is 2.75 bits per heavy atom. The van der Waals surface area contributed by atoms with Crippen molar-refractivity contribution in [2.75, 3.05) is 7.11 Å².